The Kier molecular flexibility index (Phi) is 7.94. The Labute approximate surface area is 193 Å². The third-order valence-electron chi connectivity index (χ3n) is 5.03. The van der Waals surface area contributed by atoms with Crippen molar-refractivity contribution in [1.29, 1.82) is 0 Å². The monoisotopic (exact) mass is 524 g/mol. The van der Waals surface area contributed by atoms with Crippen LogP contribution in [-0.2, 0) is 5.41 Å². The number of hydrogen-bond acceptors (Lipinski definition) is 3. The average Bonchev–Trinajstić information content (AvgIpc) is 2.95. The number of amides is 2. The summed E-state index contributed by atoms with van der Waals surface area (Å²) >= 11 is 0. The SMILES string of the molecule is CN=C(NCCN1C(=O)c2ccccc2C1=O)NCC(C)(C)c1cccc(F)c1.I. The van der Waals surface area contributed by atoms with Crippen molar-refractivity contribution in [3.05, 3.63) is 71.0 Å². The molecule has 0 atom stereocenters. The molecule has 2 amide bonds. The Hall–Kier alpha value is -2.49. The molecule has 3 rings (SSSR count). The van der Waals surface area contributed by atoms with E-state index in [1.165, 1.54) is 17.0 Å². The number of nitrogens with zero attached hydrogens (tertiary/aromatic N) is 2. The molecule has 0 aromatic heterocycles. The minimum atomic E-state index is -0.317. The van der Waals surface area contributed by atoms with E-state index >= 15 is 0 Å². The van der Waals surface area contributed by atoms with Crippen LogP contribution in [0.5, 0.6) is 0 Å². The average molecular weight is 524 g/mol. The van der Waals surface area contributed by atoms with Crippen LogP contribution < -0.4 is 10.6 Å². The Morgan fingerprint density at radius 3 is 2.23 bits per heavy atom. The molecule has 0 saturated heterocycles. The Balaban J connectivity index is 0.00000320. The van der Waals surface area contributed by atoms with Crippen molar-refractivity contribution in [2.75, 3.05) is 26.7 Å². The third kappa shape index (κ3) is 5.16. The van der Waals surface area contributed by atoms with Gasteiger partial charge in [0.25, 0.3) is 11.8 Å². The van der Waals surface area contributed by atoms with Crippen molar-refractivity contribution in [3.8, 4) is 0 Å². The molecular weight excluding hydrogens is 498 g/mol. The van der Waals surface area contributed by atoms with Crippen LogP contribution >= 0.6 is 24.0 Å². The summed E-state index contributed by atoms with van der Waals surface area (Å²) in [6, 6.07) is 13.4. The topological polar surface area (TPSA) is 73.8 Å². The van der Waals surface area contributed by atoms with E-state index in [1.54, 1.807) is 37.4 Å². The minimum Gasteiger partial charge on any atom is -0.356 e. The van der Waals surface area contributed by atoms with Gasteiger partial charge in [-0.25, -0.2) is 4.39 Å². The van der Waals surface area contributed by atoms with E-state index in [9.17, 15) is 14.0 Å². The number of carbonyl (C=O) groups is 2. The van der Waals surface area contributed by atoms with Crippen LogP contribution in [0.3, 0.4) is 0 Å². The lowest BCUT2D eigenvalue weighted by Crippen LogP contribution is -2.46. The summed E-state index contributed by atoms with van der Waals surface area (Å²) in [6.45, 7) is 5.16. The molecule has 6 nitrogen and oxygen atoms in total. The van der Waals surface area contributed by atoms with Gasteiger partial charge in [0.2, 0.25) is 0 Å². The standard InChI is InChI=1S/C22H25FN4O2.HI/c1-22(2,15-7-6-8-16(23)13-15)14-26-21(24-3)25-11-12-27-19(28)17-9-4-5-10-18(17)20(27)29;/h4-10,13H,11-12,14H2,1-3H3,(H2,24,25,26);1H. The number of rotatable bonds is 6. The highest BCUT2D eigenvalue weighted by molar-refractivity contribution is 14.0. The van der Waals surface area contributed by atoms with Crippen LogP contribution in [0.25, 0.3) is 0 Å². The molecule has 1 aliphatic heterocycles. The minimum absolute atomic E-state index is 0. The van der Waals surface area contributed by atoms with E-state index in [0.717, 1.165) is 5.56 Å². The van der Waals surface area contributed by atoms with Gasteiger partial charge in [0, 0.05) is 32.1 Å². The number of guanidine groups is 1. The van der Waals surface area contributed by atoms with Gasteiger partial charge >= 0.3 is 0 Å². The van der Waals surface area contributed by atoms with Crippen molar-refractivity contribution < 1.29 is 14.0 Å². The molecule has 30 heavy (non-hydrogen) atoms. The van der Waals surface area contributed by atoms with E-state index in [-0.39, 0.29) is 53.6 Å². The molecule has 1 aliphatic rings. The first kappa shape index (κ1) is 23.8. The maximum absolute atomic E-state index is 13.5. The van der Waals surface area contributed by atoms with Crippen LogP contribution in [0.4, 0.5) is 4.39 Å². The highest BCUT2D eigenvalue weighted by atomic mass is 127. The van der Waals surface area contributed by atoms with Gasteiger partial charge < -0.3 is 10.6 Å². The number of carbonyl (C=O) groups excluding carboxylic acids is 2. The number of aliphatic imine (C=N–C) groups is 1. The molecule has 0 fully saturated rings. The first-order valence-electron chi connectivity index (χ1n) is 9.49. The van der Waals surface area contributed by atoms with Crippen molar-refractivity contribution in [1.82, 2.24) is 15.5 Å². The summed E-state index contributed by atoms with van der Waals surface area (Å²) in [5.41, 5.74) is 1.45. The second kappa shape index (κ2) is 10.0. The van der Waals surface area contributed by atoms with Crippen LogP contribution in [-0.4, -0.2) is 49.4 Å². The highest BCUT2D eigenvalue weighted by Gasteiger charge is 2.34. The number of imide groups is 1. The highest BCUT2D eigenvalue weighted by Crippen LogP contribution is 2.23. The molecule has 2 aromatic carbocycles. The summed E-state index contributed by atoms with van der Waals surface area (Å²) in [7, 11) is 1.65. The second-order valence-electron chi connectivity index (χ2n) is 7.55. The van der Waals surface area contributed by atoms with Gasteiger partial charge in [-0.15, -0.1) is 24.0 Å². The molecule has 2 N–H and O–H groups in total. The quantitative estimate of drug-likeness (QED) is 0.264. The fraction of sp³-hybridized carbons (Fsp3) is 0.318. The molecule has 0 unspecified atom stereocenters. The maximum atomic E-state index is 13.5. The Bertz CT molecular complexity index is 927. The Morgan fingerprint density at radius 2 is 1.67 bits per heavy atom. The lowest BCUT2D eigenvalue weighted by molar-refractivity contribution is 0.0657. The lowest BCUT2D eigenvalue weighted by atomic mass is 9.84. The number of nitrogens with one attached hydrogen (secondary N) is 2. The van der Waals surface area contributed by atoms with Crippen LogP contribution in [0.15, 0.2) is 53.5 Å². The van der Waals surface area contributed by atoms with Crippen LogP contribution in [0.2, 0.25) is 0 Å². The first-order valence-corrected chi connectivity index (χ1v) is 9.49. The van der Waals surface area contributed by atoms with Crippen molar-refractivity contribution in [2.45, 2.75) is 19.3 Å². The molecular formula is C22H26FIN4O2. The summed E-state index contributed by atoms with van der Waals surface area (Å²) in [6.07, 6.45) is 0. The lowest BCUT2D eigenvalue weighted by Gasteiger charge is -2.27. The van der Waals surface area contributed by atoms with E-state index in [4.69, 9.17) is 0 Å². The predicted molar refractivity (Wildman–Crippen MR) is 126 cm³/mol. The molecule has 1 heterocycles. The zero-order valence-corrected chi connectivity index (χ0v) is 19.6. The molecule has 2 aromatic rings. The van der Waals surface area contributed by atoms with Gasteiger partial charge in [0.15, 0.2) is 5.96 Å². The summed E-state index contributed by atoms with van der Waals surface area (Å²) < 4.78 is 13.5. The fourth-order valence-electron chi connectivity index (χ4n) is 3.27. The predicted octanol–water partition coefficient (Wildman–Crippen LogP) is 3.18. The van der Waals surface area contributed by atoms with E-state index in [2.05, 4.69) is 15.6 Å². The number of halogens is 2. The van der Waals surface area contributed by atoms with Gasteiger partial charge in [-0.1, -0.05) is 38.1 Å². The molecule has 0 radical (unpaired) electrons. The van der Waals surface area contributed by atoms with Crippen molar-refractivity contribution in [2.24, 2.45) is 4.99 Å². The van der Waals surface area contributed by atoms with Gasteiger partial charge in [0.1, 0.15) is 5.82 Å². The normalized spacial score (nSPS) is 13.7. The smallest absolute Gasteiger partial charge is 0.261 e. The number of benzene rings is 2. The summed E-state index contributed by atoms with van der Waals surface area (Å²) in [5, 5.41) is 6.34. The molecule has 0 aliphatic carbocycles. The molecule has 0 spiro atoms. The molecule has 0 saturated carbocycles. The van der Waals surface area contributed by atoms with E-state index in [1.807, 2.05) is 19.9 Å². The largest absolute Gasteiger partial charge is 0.356 e. The van der Waals surface area contributed by atoms with Gasteiger partial charge in [0.05, 0.1) is 11.1 Å². The summed E-state index contributed by atoms with van der Waals surface area (Å²) in [5.74, 6) is -0.268. The third-order valence-corrected chi connectivity index (χ3v) is 5.03. The van der Waals surface area contributed by atoms with Crippen LogP contribution in [0.1, 0.15) is 40.1 Å². The Morgan fingerprint density at radius 1 is 1.03 bits per heavy atom. The maximum Gasteiger partial charge on any atom is 0.261 e. The molecule has 8 heteroatoms. The number of hydrogen-bond donors (Lipinski definition) is 2. The van der Waals surface area contributed by atoms with Gasteiger partial charge in [-0.05, 0) is 29.8 Å². The summed E-state index contributed by atoms with van der Waals surface area (Å²) in [4.78, 5) is 30.2. The molecule has 0 bridgehead atoms. The zero-order chi connectivity index (χ0) is 21.0. The number of fused-ring (bicyclic) bond motifs is 1. The van der Waals surface area contributed by atoms with Crippen LogP contribution in [0, 0.1) is 5.82 Å². The zero-order valence-electron chi connectivity index (χ0n) is 17.2. The van der Waals surface area contributed by atoms with Crippen molar-refractivity contribution in [3.63, 3.8) is 0 Å². The first-order chi connectivity index (χ1) is 13.8. The molecule has 160 valence electrons. The van der Waals surface area contributed by atoms with E-state index in [0.29, 0.717) is 30.2 Å². The van der Waals surface area contributed by atoms with Gasteiger partial charge in [-0.3, -0.25) is 19.5 Å². The van der Waals surface area contributed by atoms with E-state index < -0.39 is 0 Å². The van der Waals surface area contributed by atoms with Crippen molar-refractivity contribution >= 4 is 41.8 Å². The second-order valence-corrected chi connectivity index (χ2v) is 7.55. The van der Waals surface area contributed by atoms with Gasteiger partial charge in [-0.2, -0.15) is 0 Å². The fourth-order valence-corrected chi connectivity index (χ4v) is 3.27.